The lowest BCUT2D eigenvalue weighted by molar-refractivity contribution is 0.289. The van der Waals surface area contributed by atoms with Gasteiger partial charge in [0, 0.05) is 6.61 Å². The minimum Gasteiger partial charge on any atom is -0.396 e. The number of rotatable bonds is 6. The predicted octanol–water partition coefficient (Wildman–Crippen LogP) is 3.06. The van der Waals surface area contributed by atoms with E-state index < -0.39 is 0 Å². The van der Waals surface area contributed by atoms with Crippen LogP contribution in [-0.4, -0.2) is 11.7 Å². The molecule has 0 fully saturated rings. The summed E-state index contributed by atoms with van der Waals surface area (Å²) >= 11 is 0. The van der Waals surface area contributed by atoms with Gasteiger partial charge in [0.2, 0.25) is 0 Å². The maximum Gasteiger partial charge on any atom is 0.0433 e. The first-order chi connectivity index (χ1) is 5.77. The molecule has 0 atom stereocenters. The van der Waals surface area contributed by atoms with Gasteiger partial charge in [-0.1, -0.05) is 23.8 Å². The normalized spacial score (nSPS) is 10.6. The molecule has 0 saturated carbocycles. The van der Waals surface area contributed by atoms with Gasteiger partial charge in [-0.2, -0.15) is 0 Å². The first-order valence-corrected chi connectivity index (χ1v) is 4.66. The van der Waals surface area contributed by atoms with Gasteiger partial charge >= 0.3 is 0 Å². The second kappa shape index (κ2) is 8.54. The van der Waals surface area contributed by atoms with Crippen LogP contribution >= 0.6 is 0 Å². The second-order valence-corrected chi connectivity index (χ2v) is 3.20. The Kier molecular flexibility index (Phi) is 8.14. The van der Waals surface area contributed by atoms with Crippen LogP contribution in [0, 0.1) is 0 Å². The third-order valence-corrected chi connectivity index (χ3v) is 1.58. The van der Waals surface area contributed by atoms with E-state index >= 15 is 0 Å². The van der Waals surface area contributed by atoms with Crippen molar-refractivity contribution < 1.29 is 5.11 Å². The van der Waals surface area contributed by atoms with Crippen LogP contribution in [0.2, 0.25) is 0 Å². The van der Waals surface area contributed by atoms with Gasteiger partial charge in [-0.15, -0.1) is 0 Å². The van der Waals surface area contributed by atoms with Gasteiger partial charge in [0.05, 0.1) is 0 Å². The highest BCUT2D eigenvalue weighted by molar-refractivity contribution is 4.94. The quantitative estimate of drug-likeness (QED) is 0.477. The van der Waals surface area contributed by atoms with E-state index in [1.54, 1.807) is 0 Å². The molecule has 0 aliphatic rings. The van der Waals surface area contributed by atoms with Gasteiger partial charge in [0.1, 0.15) is 0 Å². The van der Waals surface area contributed by atoms with Crippen LogP contribution in [0.25, 0.3) is 0 Å². The lowest BCUT2D eigenvalue weighted by atomic mass is 10.2. The van der Waals surface area contributed by atoms with Gasteiger partial charge < -0.3 is 5.11 Å². The summed E-state index contributed by atoms with van der Waals surface area (Å²) < 4.78 is 0. The monoisotopic (exact) mass is 168 g/mol. The third-order valence-electron chi connectivity index (χ3n) is 1.58. The number of aliphatic hydroxyl groups is 1. The third kappa shape index (κ3) is 9.44. The van der Waals surface area contributed by atoms with E-state index in [4.69, 9.17) is 5.11 Å². The molecule has 0 aliphatic carbocycles. The van der Waals surface area contributed by atoms with Crippen LogP contribution in [0.5, 0.6) is 0 Å². The molecule has 0 spiro atoms. The molecule has 0 aromatic rings. The average molecular weight is 168 g/mol. The summed E-state index contributed by atoms with van der Waals surface area (Å²) in [6.45, 7) is 4.54. The van der Waals surface area contributed by atoms with Crippen molar-refractivity contribution in [3.05, 3.63) is 23.8 Å². The molecule has 0 aromatic carbocycles. The summed E-state index contributed by atoms with van der Waals surface area (Å²) in [7, 11) is 0. The fraction of sp³-hybridized carbons (Fsp3) is 0.636. The molecule has 0 heterocycles. The second-order valence-electron chi connectivity index (χ2n) is 3.20. The fourth-order valence-electron chi connectivity index (χ4n) is 0.913. The molecular weight excluding hydrogens is 148 g/mol. The van der Waals surface area contributed by atoms with Crippen LogP contribution in [0.15, 0.2) is 23.8 Å². The van der Waals surface area contributed by atoms with Gasteiger partial charge in [0.25, 0.3) is 0 Å². The molecule has 1 nitrogen and oxygen atoms in total. The Morgan fingerprint density at radius 3 is 2.33 bits per heavy atom. The number of hydrogen-bond acceptors (Lipinski definition) is 1. The van der Waals surface area contributed by atoms with E-state index in [0.717, 1.165) is 25.7 Å². The molecule has 70 valence electrons. The molecule has 0 amide bonds. The molecule has 0 radical (unpaired) electrons. The van der Waals surface area contributed by atoms with Crippen molar-refractivity contribution in [2.75, 3.05) is 6.61 Å². The summed E-state index contributed by atoms with van der Waals surface area (Å²) in [6, 6.07) is 0. The van der Waals surface area contributed by atoms with Crippen LogP contribution in [0.3, 0.4) is 0 Å². The van der Waals surface area contributed by atoms with E-state index in [-0.39, 0.29) is 0 Å². The summed E-state index contributed by atoms with van der Waals surface area (Å²) in [5, 5.41) is 8.50. The molecule has 12 heavy (non-hydrogen) atoms. The molecular formula is C11H20O. The Balaban J connectivity index is 3.19. The zero-order chi connectivity index (χ0) is 9.23. The maximum absolute atomic E-state index is 8.50. The number of unbranched alkanes of at least 4 members (excludes halogenated alkanes) is 2. The SMILES string of the molecule is CC(C)=CCCC=CCCCO. The van der Waals surface area contributed by atoms with Gasteiger partial charge in [-0.25, -0.2) is 0 Å². The van der Waals surface area contributed by atoms with E-state index in [9.17, 15) is 0 Å². The van der Waals surface area contributed by atoms with E-state index in [0.29, 0.717) is 6.61 Å². The van der Waals surface area contributed by atoms with Gasteiger partial charge in [-0.05, 0) is 39.5 Å². The molecule has 0 rings (SSSR count). The molecule has 0 bridgehead atoms. The molecule has 0 aliphatic heterocycles. The number of aliphatic hydroxyl groups excluding tert-OH is 1. The molecule has 1 heteroatoms. The zero-order valence-corrected chi connectivity index (χ0v) is 8.21. The highest BCUT2D eigenvalue weighted by Crippen LogP contribution is 1.99. The van der Waals surface area contributed by atoms with Crippen molar-refractivity contribution in [3.63, 3.8) is 0 Å². The van der Waals surface area contributed by atoms with Crippen molar-refractivity contribution in [2.24, 2.45) is 0 Å². The lowest BCUT2D eigenvalue weighted by Gasteiger charge is -1.90. The molecule has 0 saturated heterocycles. The van der Waals surface area contributed by atoms with Crippen molar-refractivity contribution in [3.8, 4) is 0 Å². The highest BCUT2D eigenvalue weighted by atomic mass is 16.2. The standard InChI is InChI=1S/C11H20O/c1-11(2)9-7-5-3-4-6-8-10-12/h3-4,9,12H,5-8,10H2,1-2H3. The fourth-order valence-corrected chi connectivity index (χ4v) is 0.913. The summed E-state index contributed by atoms with van der Waals surface area (Å²) in [6.07, 6.45) is 10.7. The summed E-state index contributed by atoms with van der Waals surface area (Å²) in [5.41, 5.74) is 1.39. The zero-order valence-electron chi connectivity index (χ0n) is 8.21. The first kappa shape index (κ1) is 11.4. The van der Waals surface area contributed by atoms with E-state index in [2.05, 4.69) is 32.1 Å². The summed E-state index contributed by atoms with van der Waals surface area (Å²) in [5.74, 6) is 0. The largest absolute Gasteiger partial charge is 0.396 e. The predicted molar refractivity (Wildman–Crippen MR) is 54.1 cm³/mol. The average Bonchev–Trinajstić information content (AvgIpc) is 2.02. The van der Waals surface area contributed by atoms with E-state index in [1.807, 2.05) is 0 Å². The first-order valence-electron chi connectivity index (χ1n) is 4.66. The minimum absolute atomic E-state index is 0.304. The van der Waals surface area contributed by atoms with Crippen LogP contribution in [-0.2, 0) is 0 Å². The topological polar surface area (TPSA) is 20.2 Å². The number of allylic oxidation sites excluding steroid dienone is 4. The Morgan fingerprint density at radius 1 is 1.08 bits per heavy atom. The molecule has 0 aromatic heterocycles. The lowest BCUT2D eigenvalue weighted by Crippen LogP contribution is -1.78. The van der Waals surface area contributed by atoms with Crippen molar-refractivity contribution in [1.29, 1.82) is 0 Å². The van der Waals surface area contributed by atoms with Crippen molar-refractivity contribution in [2.45, 2.75) is 39.5 Å². The van der Waals surface area contributed by atoms with Crippen LogP contribution < -0.4 is 0 Å². The molecule has 1 N–H and O–H groups in total. The van der Waals surface area contributed by atoms with Gasteiger partial charge in [0.15, 0.2) is 0 Å². The summed E-state index contributed by atoms with van der Waals surface area (Å²) in [4.78, 5) is 0. The molecule has 0 unspecified atom stereocenters. The smallest absolute Gasteiger partial charge is 0.0433 e. The maximum atomic E-state index is 8.50. The Morgan fingerprint density at radius 2 is 1.75 bits per heavy atom. The minimum atomic E-state index is 0.304. The van der Waals surface area contributed by atoms with E-state index in [1.165, 1.54) is 5.57 Å². The Hall–Kier alpha value is -0.560. The van der Waals surface area contributed by atoms with Crippen LogP contribution in [0.1, 0.15) is 39.5 Å². The van der Waals surface area contributed by atoms with Crippen molar-refractivity contribution >= 4 is 0 Å². The van der Waals surface area contributed by atoms with Crippen LogP contribution in [0.4, 0.5) is 0 Å². The Labute approximate surface area is 75.8 Å². The Bertz CT molecular complexity index is 141. The van der Waals surface area contributed by atoms with Gasteiger partial charge in [-0.3, -0.25) is 0 Å². The number of hydrogen-bond donors (Lipinski definition) is 1. The highest BCUT2D eigenvalue weighted by Gasteiger charge is 1.80. The van der Waals surface area contributed by atoms with Crippen molar-refractivity contribution in [1.82, 2.24) is 0 Å².